The molecule has 7 atom stereocenters. The number of halogens is 3. The summed E-state index contributed by atoms with van der Waals surface area (Å²) in [7, 11) is 0. The van der Waals surface area contributed by atoms with Crippen molar-refractivity contribution >= 4 is 23.4 Å². The third kappa shape index (κ3) is 4.64. The maximum atomic E-state index is 13.9. The van der Waals surface area contributed by atoms with E-state index >= 15 is 0 Å². The second-order valence-corrected chi connectivity index (χ2v) is 11.6. The van der Waals surface area contributed by atoms with Gasteiger partial charge in [0.15, 0.2) is 6.04 Å². The van der Waals surface area contributed by atoms with Crippen molar-refractivity contribution in [1.29, 1.82) is 5.26 Å². The minimum Gasteiger partial charge on any atom is -0.336 e. The van der Waals surface area contributed by atoms with Crippen LogP contribution < -0.4 is 10.6 Å². The average Bonchev–Trinajstić information content (AvgIpc) is 3.64. The Morgan fingerprint density at radius 3 is 2.51 bits per heavy atom. The lowest BCUT2D eigenvalue weighted by atomic mass is 9.81. The lowest BCUT2D eigenvalue weighted by molar-refractivity contribution is -0.176. The number of rotatable bonds is 5. The van der Waals surface area contributed by atoms with Gasteiger partial charge in [0.25, 0.3) is 0 Å². The highest BCUT2D eigenvalue weighted by molar-refractivity contribution is 5.94. The number of nitrogens with one attached hydrogen (secondary N) is 2. The first-order chi connectivity index (χ1) is 18.3. The van der Waals surface area contributed by atoms with Gasteiger partial charge in [0.05, 0.1) is 18.0 Å². The molecular weight excluding hydrogens is 513 g/mol. The zero-order chi connectivity index (χ0) is 28.3. The van der Waals surface area contributed by atoms with Crippen molar-refractivity contribution in [3.05, 3.63) is 48.4 Å². The summed E-state index contributed by atoms with van der Waals surface area (Å²) < 4.78 is 41.0. The molecule has 2 aromatic rings. The highest BCUT2D eigenvalue weighted by Crippen LogP contribution is 2.54. The average molecular weight is 543 g/mol. The number of imidazole rings is 1. The highest BCUT2D eigenvalue weighted by atomic mass is 19.4. The Morgan fingerprint density at radius 2 is 1.85 bits per heavy atom. The van der Waals surface area contributed by atoms with Gasteiger partial charge in [-0.2, -0.15) is 18.4 Å². The number of alkyl halides is 3. The van der Waals surface area contributed by atoms with E-state index in [4.69, 9.17) is 0 Å². The number of fused-ring (bicyclic) bond motifs is 6. The molecule has 6 unspecified atom stereocenters. The van der Waals surface area contributed by atoms with Gasteiger partial charge in [-0.05, 0) is 47.6 Å². The van der Waals surface area contributed by atoms with Crippen LogP contribution in [0.3, 0.4) is 0 Å². The number of hydrogen-bond acceptors (Lipinski definition) is 5. The molecule has 2 aliphatic carbocycles. The van der Waals surface area contributed by atoms with E-state index in [1.807, 2.05) is 11.4 Å². The van der Waals surface area contributed by atoms with Crippen molar-refractivity contribution in [2.75, 3.05) is 6.54 Å². The van der Waals surface area contributed by atoms with Gasteiger partial charge in [0.1, 0.15) is 17.7 Å². The molecule has 1 saturated heterocycles. The minimum atomic E-state index is -5.17. The first kappa shape index (κ1) is 26.7. The Kier molecular flexibility index (Phi) is 6.44. The van der Waals surface area contributed by atoms with Crippen molar-refractivity contribution in [2.24, 2.45) is 29.1 Å². The minimum absolute atomic E-state index is 0.0303. The number of nitriles is 1. The molecule has 1 aliphatic heterocycles. The van der Waals surface area contributed by atoms with Crippen LogP contribution in [-0.4, -0.2) is 56.8 Å². The van der Waals surface area contributed by atoms with Gasteiger partial charge in [-0.15, -0.1) is 0 Å². The topological polar surface area (TPSA) is 120 Å². The van der Waals surface area contributed by atoms with Crippen molar-refractivity contribution in [1.82, 2.24) is 24.9 Å². The number of likely N-dealkylation sites (tertiary alicyclic amines) is 1. The third-order valence-corrected chi connectivity index (χ3v) is 8.15. The van der Waals surface area contributed by atoms with E-state index < -0.39 is 47.4 Å². The van der Waals surface area contributed by atoms with Crippen LogP contribution in [0, 0.1) is 40.4 Å². The molecule has 3 aliphatic rings. The van der Waals surface area contributed by atoms with Crippen molar-refractivity contribution in [2.45, 2.75) is 51.5 Å². The first-order valence-corrected chi connectivity index (χ1v) is 12.8. The molecule has 0 radical (unpaired) electrons. The van der Waals surface area contributed by atoms with E-state index in [2.05, 4.69) is 22.4 Å². The Bertz CT molecular complexity index is 1390. The van der Waals surface area contributed by atoms with Crippen molar-refractivity contribution < 1.29 is 27.6 Å². The summed E-state index contributed by atoms with van der Waals surface area (Å²) in [5.41, 5.74) is -0.0438. The van der Waals surface area contributed by atoms with Crippen LogP contribution in [0.2, 0.25) is 0 Å². The number of nitrogens with zero attached hydrogens (tertiary/aromatic N) is 4. The number of carbonyl (C=O) groups is 3. The smallest absolute Gasteiger partial charge is 0.336 e. The molecule has 0 aromatic carbocycles. The number of amides is 3. The second-order valence-electron chi connectivity index (χ2n) is 11.6. The molecule has 0 spiro atoms. The Labute approximate surface area is 223 Å². The first-order valence-electron chi connectivity index (χ1n) is 12.8. The molecule has 39 heavy (non-hydrogen) atoms. The fraction of sp³-hybridized carbons (Fsp3) is 0.519. The van der Waals surface area contributed by atoms with Gasteiger partial charge in [-0.3, -0.25) is 14.4 Å². The molecule has 5 rings (SSSR count). The van der Waals surface area contributed by atoms with Crippen LogP contribution >= 0.6 is 0 Å². The number of pyridine rings is 1. The molecule has 3 heterocycles. The quantitative estimate of drug-likeness (QED) is 0.564. The van der Waals surface area contributed by atoms with E-state index in [0.29, 0.717) is 11.3 Å². The van der Waals surface area contributed by atoms with Crippen LogP contribution in [0.1, 0.15) is 38.9 Å². The predicted octanol–water partition coefficient (Wildman–Crippen LogP) is 2.76. The second kappa shape index (κ2) is 9.39. The fourth-order valence-electron chi connectivity index (χ4n) is 6.37. The van der Waals surface area contributed by atoms with E-state index in [9.17, 15) is 32.8 Å². The van der Waals surface area contributed by atoms with Crippen molar-refractivity contribution in [3.8, 4) is 6.07 Å². The third-order valence-electron chi connectivity index (χ3n) is 8.15. The van der Waals surface area contributed by atoms with E-state index in [1.54, 1.807) is 49.6 Å². The standard InChI is InChI=1S/C27H29F3N6O3/c1-26(2,3)22(34-25(39)27(28,29)30)24(38)36-13-16-14-7-8-15(10-14)20(16)21(36)23(37)33-17(11-31)18-12-32-19-6-4-5-9-35(18)19/h4-9,12,14-17,20-22H,10,13H2,1-3H3,(H,33,37)(H,34,39)/t14?,15?,16?,17?,20?,21?,22-/m1/s1. The number of carbonyl (C=O) groups excluding carboxylic acids is 3. The van der Waals surface area contributed by atoms with Crippen LogP contribution in [0.25, 0.3) is 5.65 Å². The molecule has 2 fully saturated rings. The summed E-state index contributed by atoms with van der Waals surface area (Å²) in [6, 6.07) is 3.79. The summed E-state index contributed by atoms with van der Waals surface area (Å²) in [6.45, 7) is 4.84. The molecule has 2 aromatic heterocycles. The van der Waals surface area contributed by atoms with Gasteiger partial charge in [-0.1, -0.05) is 39.0 Å². The maximum Gasteiger partial charge on any atom is 0.471 e. The van der Waals surface area contributed by atoms with Crippen LogP contribution in [0.15, 0.2) is 42.7 Å². The van der Waals surface area contributed by atoms with Crippen LogP contribution in [-0.2, 0) is 14.4 Å². The summed E-state index contributed by atoms with van der Waals surface area (Å²) in [5.74, 6) is -3.64. The number of hydrogen-bond donors (Lipinski definition) is 2. The number of aromatic nitrogens is 2. The summed E-state index contributed by atoms with van der Waals surface area (Å²) in [4.78, 5) is 45.1. The molecule has 2 N–H and O–H groups in total. The summed E-state index contributed by atoms with van der Waals surface area (Å²) in [6.07, 6.45) is 2.97. The largest absolute Gasteiger partial charge is 0.471 e. The normalized spacial score (nSPS) is 27.2. The fourth-order valence-corrected chi connectivity index (χ4v) is 6.37. The predicted molar refractivity (Wildman–Crippen MR) is 132 cm³/mol. The molecule has 206 valence electrons. The number of allylic oxidation sites excluding steroid dienone is 2. The zero-order valence-electron chi connectivity index (χ0n) is 21.6. The van der Waals surface area contributed by atoms with Gasteiger partial charge in [0, 0.05) is 12.7 Å². The van der Waals surface area contributed by atoms with Crippen molar-refractivity contribution in [3.63, 3.8) is 0 Å². The van der Waals surface area contributed by atoms with E-state index in [-0.39, 0.29) is 30.2 Å². The molecule has 9 nitrogen and oxygen atoms in total. The highest BCUT2D eigenvalue weighted by Gasteiger charge is 2.59. The lowest BCUT2D eigenvalue weighted by Crippen LogP contribution is -2.60. The molecule has 12 heteroatoms. The molecule has 3 amide bonds. The Balaban J connectivity index is 1.46. The van der Waals surface area contributed by atoms with E-state index in [0.717, 1.165) is 6.42 Å². The van der Waals surface area contributed by atoms with Gasteiger partial charge >= 0.3 is 12.1 Å². The van der Waals surface area contributed by atoms with Gasteiger partial charge < -0.3 is 19.9 Å². The Morgan fingerprint density at radius 1 is 1.13 bits per heavy atom. The maximum absolute atomic E-state index is 13.9. The van der Waals surface area contributed by atoms with Crippen LogP contribution in [0.4, 0.5) is 13.2 Å². The molecule has 1 saturated carbocycles. The van der Waals surface area contributed by atoms with Crippen LogP contribution in [0.5, 0.6) is 0 Å². The Hall–Kier alpha value is -3.88. The lowest BCUT2D eigenvalue weighted by Gasteiger charge is -2.37. The van der Waals surface area contributed by atoms with E-state index in [1.165, 1.54) is 11.1 Å². The summed E-state index contributed by atoms with van der Waals surface area (Å²) >= 11 is 0. The zero-order valence-corrected chi connectivity index (χ0v) is 21.6. The summed E-state index contributed by atoms with van der Waals surface area (Å²) in [5, 5.41) is 14.6. The molecule has 2 bridgehead atoms. The molecular formula is C27H29F3N6O3. The van der Waals surface area contributed by atoms with Gasteiger partial charge in [0.2, 0.25) is 11.8 Å². The van der Waals surface area contributed by atoms with Gasteiger partial charge in [-0.25, -0.2) is 4.98 Å². The monoisotopic (exact) mass is 542 g/mol. The SMILES string of the molecule is CC(C)(C)[C@H](NC(=O)C(F)(F)F)C(=O)N1CC2C3C=CC(C3)C2C1C(=O)NC(C#N)c1cnc2ccccn12.